The minimum atomic E-state index is -2.35. The van der Waals surface area contributed by atoms with Crippen molar-refractivity contribution in [3.05, 3.63) is 81.9 Å². The summed E-state index contributed by atoms with van der Waals surface area (Å²) in [5.74, 6) is -13.9. The van der Waals surface area contributed by atoms with Crippen molar-refractivity contribution in [2.75, 3.05) is 58.3 Å². The van der Waals surface area contributed by atoms with Crippen molar-refractivity contribution < 1.29 is 45.8 Å². The van der Waals surface area contributed by atoms with Gasteiger partial charge in [-0.25, -0.2) is 23.1 Å². The van der Waals surface area contributed by atoms with E-state index in [4.69, 9.17) is 15.2 Å². The first-order valence-electron chi connectivity index (χ1n) is 18.5. The van der Waals surface area contributed by atoms with Crippen LogP contribution in [0.3, 0.4) is 0 Å². The maximum absolute atomic E-state index is 13.7. The number of unbranched alkanes of at least 4 members (excludes halogenated alkanes) is 3. The first-order chi connectivity index (χ1) is 26.5. The number of halogens is 5. The number of benzene rings is 2. The Morgan fingerprint density at radius 1 is 0.800 bits per heavy atom. The quantitative estimate of drug-likeness (QED) is 0.0294. The third-order valence-electron chi connectivity index (χ3n) is 9.51. The number of hydrogen-bond acceptors (Lipinski definition) is 9. The maximum Gasteiger partial charge on any atom is 0.313 e. The number of aryl methyl sites for hydroxylation is 2. The molecule has 5 rings (SSSR count). The monoisotopic (exact) mass is 774 g/mol. The van der Waals surface area contributed by atoms with Gasteiger partial charge in [-0.2, -0.15) is 8.78 Å². The number of carbonyl (C=O) groups excluding carboxylic acids is 2. The van der Waals surface area contributed by atoms with E-state index in [0.29, 0.717) is 25.6 Å². The third-order valence-corrected chi connectivity index (χ3v) is 9.51. The van der Waals surface area contributed by atoms with E-state index in [-0.39, 0.29) is 38.8 Å². The number of piperazine rings is 1. The van der Waals surface area contributed by atoms with Gasteiger partial charge in [0.05, 0.1) is 56.0 Å². The third kappa shape index (κ3) is 11.0. The topological polar surface area (TPSA) is 125 Å². The zero-order chi connectivity index (χ0) is 39.5. The van der Waals surface area contributed by atoms with Gasteiger partial charge in [0, 0.05) is 45.5 Å². The molecule has 11 nitrogen and oxygen atoms in total. The molecule has 3 heterocycles. The molecule has 1 aliphatic heterocycles. The van der Waals surface area contributed by atoms with Crippen LogP contribution in [0.5, 0.6) is 5.75 Å². The van der Waals surface area contributed by atoms with Gasteiger partial charge in [0.1, 0.15) is 0 Å². The molecular weight excluding hydrogens is 727 g/mol. The highest BCUT2D eigenvalue weighted by Gasteiger charge is 2.28. The van der Waals surface area contributed by atoms with Crippen LogP contribution in [0, 0.1) is 36.0 Å². The number of amides is 1. The minimum absolute atomic E-state index is 0.0219. The van der Waals surface area contributed by atoms with Crippen LogP contribution in [0.1, 0.15) is 67.8 Å². The molecule has 1 saturated heterocycles. The van der Waals surface area contributed by atoms with Gasteiger partial charge in [-0.1, -0.05) is 44.4 Å². The highest BCUT2D eigenvalue weighted by molar-refractivity contribution is 5.79. The number of fused-ring (bicyclic) bond motifs is 1. The zero-order valence-electron chi connectivity index (χ0n) is 31.2. The van der Waals surface area contributed by atoms with Gasteiger partial charge in [0.25, 0.3) is 0 Å². The Morgan fingerprint density at radius 2 is 1.47 bits per heavy atom. The van der Waals surface area contributed by atoms with Crippen molar-refractivity contribution in [1.29, 1.82) is 0 Å². The normalized spacial score (nSPS) is 13.5. The summed E-state index contributed by atoms with van der Waals surface area (Å²) in [7, 11) is 0. The number of carbonyl (C=O) groups is 2. The van der Waals surface area contributed by atoms with Crippen LogP contribution in [0.2, 0.25) is 0 Å². The van der Waals surface area contributed by atoms with Gasteiger partial charge in [-0.15, -0.1) is 0 Å². The largest absolute Gasteiger partial charge is 0.420 e. The van der Waals surface area contributed by atoms with E-state index < -0.39 is 47.2 Å². The molecule has 55 heavy (non-hydrogen) atoms. The summed E-state index contributed by atoms with van der Waals surface area (Å²) in [6.07, 6.45) is 7.22. The standard InChI is InChI=1S/C39H47F5N6O5/c1-3-4-5-6-7-28-37-29(47-39(45)46-28)10-13-50(37)24-27-9-8-26(22-25(27)2)23-48-14-16-49(17-15-48)30(51)11-18-53-20-21-54-19-12-31(52)55-38-35(43)33(41)32(40)34(42)36(38)44/h8-10,13,22H,3-7,11-12,14-21,23-24H2,1-2H3,(H2,45,46,47). The lowest BCUT2D eigenvalue weighted by Crippen LogP contribution is -2.48. The molecule has 2 aromatic carbocycles. The van der Waals surface area contributed by atoms with Gasteiger partial charge in [-0.3, -0.25) is 14.5 Å². The SMILES string of the molecule is CCCCCCc1nc(N)nc2ccn(Cc3ccc(CN4CCN(C(=O)CCOCCOCCC(=O)Oc5c(F)c(F)c(F)c(F)c5F)CC4)cc3C)c12. The van der Waals surface area contributed by atoms with Crippen molar-refractivity contribution in [2.45, 2.75) is 71.9 Å². The van der Waals surface area contributed by atoms with Crippen LogP contribution < -0.4 is 10.5 Å². The van der Waals surface area contributed by atoms with Crippen LogP contribution in [-0.4, -0.2) is 88.8 Å². The lowest BCUT2D eigenvalue weighted by Gasteiger charge is -2.35. The summed E-state index contributed by atoms with van der Waals surface area (Å²) in [6.45, 7) is 8.58. The molecule has 0 radical (unpaired) electrons. The number of ether oxygens (including phenoxy) is 3. The summed E-state index contributed by atoms with van der Waals surface area (Å²) in [5, 5.41) is 0. The number of aromatic nitrogens is 3. The molecule has 0 unspecified atom stereocenters. The first kappa shape index (κ1) is 41.5. The molecule has 298 valence electrons. The number of nitrogens with zero attached hydrogens (tertiary/aromatic N) is 5. The van der Waals surface area contributed by atoms with Gasteiger partial charge < -0.3 is 29.4 Å². The number of anilines is 1. The van der Waals surface area contributed by atoms with Gasteiger partial charge in [0.15, 0.2) is 0 Å². The molecule has 2 N–H and O–H groups in total. The van der Waals surface area contributed by atoms with E-state index in [1.165, 1.54) is 29.5 Å². The van der Waals surface area contributed by atoms with E-state index in [2.05, 4.69) is 62.4 Å². The highest BCUT2D eigenvalue weighted by Crippen LogP contribution is 2.29. The smallest absolute Gasteiger partial charge is 0.313 e. The Morgan fingerprint density at radius 3 is 2.15 bits per heavy atom. The highest BCUT2D eigenvalue weighted by atomic mass is 19.2. The van der Waals surface area contributed by atoms with Crippen LogP contribution in [0.25, 0.3) is 11.0 Å². The molecule has 0 saturated carbocycles. The van der Waals surface area contributed by atoms with E-state index in [1.54, 1.807) is 0 Å². The van der Waals surface area contributed by atoms with Gasteiger partial charge in [-0.05, 0) is 42.5 Å². The molecular formula is C39H47F5N6O5. The first-order valence-corrected chi connectivity index (χ1v) is 18.5. The number of nitrogen functional groups attached to an aromatic ring is 1. The predicted molar refractivity (Wildman–Crippen MR) is 195 cm³/mol. The molecule has 0 bridgehead atoms. The van der Waals surface area contributed by atoms with E-state index in [1.807, 2.05) is 11.0 Å². The second-order valence-corrected chi connectivity index (χ2v) is 13.5. The molecule has 1 amide bonds. The number of nitrogens with two attached hydrogens (primary N) is 1. The molecule has 16 heteroatoms. The molecule has 0 spiro atoms. The molecule has 0 aliphatic carbocycles. The Balaban J connectivity index is 0.975. The van der Waals surface area contributed by atoms with Crippen molar-refractivity contribution in [3.63, 3.8) is 0 Å². The second kappa shape index (κ2) is 19.8. The lowest BCUT2D eigenvalue weighted by atomic mass is 10.0. The van der Waals surface area contributed by atoms with Crippen LogP contribution in [0.15, 0.2) is 30.5 Å². The predicted octanol–water partition coefficient (Wildman–Crippen LogP) is 6.25. The van der Waals surface area contributed by atoms with Crippen molar-refractivity contribution >= 4 is 28.9 Å². The molecule has 0 atom stereocenters. The average molecular weight is 775 g/mol. The van der Waals surface area contributed by atoms with E-state index in [9.17, 15) is 31.5 Å². The van der Waals surface area contributed by atoms with Crippen LogP contribution in [-0.2, 0) is 38.6 Å². The molecule has 1 aliphatic rings. The molecule has 4 aromatic rings. The zero-order valence-corrected chi connectivity index (χ0v) is 31.2. The summed E-state index contributed by atoms with van der Waals surface area (Å²) < 4.78 is 84.2. The summed E-state index contributed by atoms with van der Waals surface area (Å²) in [5.41, 5.74) is 12.6. The van der Waals surface area contributed by atoms with Crippen molar-refractivity contribution in [3.8, 4) is 5.75 Å². The second-order valence-electron chi connectivity index (χ2n) is 13.5. The van der Waals surface area contributed by atoms with E-state index in [0.717, 1.165) is 55.6 Å². The lowest BCUT2D eigenvalue weighted by molar-refractivity contribution is -0.137. The minimum Gasteiger partial charge on any atom is -0.420 e. The Kier molecular flexibility index (Phi) is 14.9. The molecule has 2 aromatic heterocycles. The van der Waals surface area contributed by atoms with E-state index >= 15 is 0 Å². The number of esters is 1. The number of rotatable bonds is 19. The molecule has 1 fully saturated rings. The van der Waals surface area contributed by atoms with Crippen molar-refractivity contribution in [1.82, 2.24) is 24.3 Å². The Bertz CT molecular complexity index is 1920. The maximum atomic E-state index is 13.7. The van der Waals surface area contributed by atoms with Gasteiger partial charge in [0.2, 0.25) is 46.7 Å². The average Bonchev–Trinajstić information content (AvgIpc) is 3.57. The summed E-state index contributed by atoms with van der Waals surface area (Å²) >= 11 is 0. The van der Waals surface area contributed by atoms with Gasteiger partial charge >= 0.3 is 5.97 Å². The van der Waals surface area contributed by atoms with Crippen LogP contribution in [0.4, 0.5) is 27.9 Å². The van der Waals surface area contributed by atoms with Crippen molar-refractivity contribution in [2.24, 2.45) is 0 Å². The Hall–Kier alpha value is -4.67. The number of hydrogen-bond donors (Lipinski definition) is 1. The fraction of sp³-hybridized carbons (Fsp3) is 0.487. The Labute approximate surface area is 316 Å². The fourth-order valence-electron chi connectivity index (χ4n) is 6.50. The summed E-state index contributed by atoms with van der Waals surface area (Å²) in [6, 6.07) is 8.58. The fourth-order valence-corrected chi connectivity index (χ4v) is 6.50. The van der Waals surface area contributed by atoms with Crippen LogP contribution >= 0.6 is 0 Å². The summed E-state index contributed by atoms with van der Waals surface area (Å²) in [4.78, 5) is 37.8.